The van der Waals surface area contributed by atoms with Gasteiger partial charge in [0.1, 0.15) is 0 Å². The Morgan fingerprint density at radius 2 is 1.76 bits per heavy atom. The van der Waals surface area contributed by atoms with Gasteiger partial charge in [0.2, 0.25) is 0 Å². The Bertz CT molecular complexity index is 1200. The molecule has 0 bridgehead atoms. The van der Waals surface area contributed by atoms with Gasteiger partial charge in [-0.05, 0) is 35.4 Å². The molecular formula is C23H20N6. The first-order valence-electron chi connectivity index (χ1n) is 9.72. The van der Waals surface area contributed by atoms with Crippen LogP contribution in [-0.2, 0) is 0 Å². The van der Waals surface area contributed by atoms with Crippen LogP contribution in [-0.4, -0.2) is 40.8 Å². The molecule has 1 aliphatic heterocycles. The van der Waals surface area contributed by atoms with Gasteiger partial charge in [-0.1, -0.05) is 24.3 Å². The molecule has 0 aliphatic carbocycles. The van der Waals surface area contributed by atoms with Crippen molar-refractivity contribution in [2.45, 2.75) is 0 Å². The number of nitriles is 1. The van der Waals surface area contributed by atoms with E-state index in [1.807, 2.05) is 30.6 Å². The first kappa shape index (κ1) is 17.4. The largest absolute Gasteiger partial charge is 0.369 e. The third kappa shape index (κ3) is 3.33. The first-order valence-corrected chi connectivity index (χ1v) is 9.72. The summed E-state index contributed by atoms with van der Waals surface area (Å²) in [5.74, 6) is 0. The van der Waals surface area contributed by atoms with Crippen LogP contribution >= 0.6 is 0 Å². The van der Waals surface area contributed by atoms with Gasteiger partial charge in [-0.15, -0.1) is 0 Å². The molecule has 5 rings (SSSR count). The number of rotatable bonds is 3. The fourth-order valence-electron chi connectivity index (χ4n) is 3.77. The van der Waals surface area contributed by atoms with Gasteiger partial charge in [-0.2, -0.15) is 10.4 Å². The Morgan fingerprint density at radius 3 is 2.55 bits per heavy atom. The quantitative estimate of drug-likeness (QED) is 0.590. The van der Waals surface area contributed by atoms with E-state index in [9.17, 15) is 0 Å². The molecule has 1 aliphatic rings. The first-order chi connectivity index (χ1) is 14.3. The highest BCUT2D eigenvalue weighted by molar-refractivity contribution is 5.78. The van der Waals surface area contributed by atoms with Crippen LogP contribution in [0.3, 0.4) is 0 Å². The van der Waals surface area contributed by atoms with E-state index in [4.69, 9.17) is 5.26 Å². The van der Waals surface area contributed by atoms with Crippen molar-refractivity contribution in [2.24, 2.45) is 0 Å². The maximum absolute atomic E-state index is 9.15. The average Bonchev–Trinajstić information content (AvgIpc) is 3.23. The van der Waals surface area contributed by atoms with E-state index in [1.165, 1.54) is 5.69 Å². The highest BCUT2D eigenvalue weighted by atomic mass is 15.2. The van der Waals surface area contributed by atoms with Gasteiger partial charge in [0.05, 0.1) is 17.8 Å². The van der Waals surface area contributed by atoms with Crippen LogP contribution in [0.1, 0.15) is 5.56 Å². The third-order valence-corrected chi connectivity index (χ3v) is 5.34. The van der Waals surface area contributed by atoms with E-state index in [0.717, 1.165) is 54.1 Å². The standard InChI is InChI=1S/C23H20N6/c24-13-17-2-1-3-19(12-17)22-15-27-29-16-20(14-26-23(22)29)18-4-6-21(7-5-18)28-10-8-25-9-11-28/h1-7,12,14-16,25H,8-11H2. The van der Waals surface area contributed by atoms with E-state index in [-0.39, 0.29) is 0 Å². The smallest absolute Gasteiger partial charge is 0.162 e. The lowest BCUT2D eigenvalue weighted by molar-refractivity contribution is 0.589. The van der Waals surface area contributed by atoms with E-state index in [1.54, 1.807) is 16.8 Å². The fraction of sp³-hybridized carbons (Fsp3) is 0.174. The summed E-state index contributed by atoms with van der Waals surface area (Å²) in [6, 6.07) is 18.3. The molecule has 0 unspecified atom stereocenters. The zero-order chi connectivity index (χ0) is 19.6. The fourth-order valence-corrected chi connectivity index (χ4v) is 3.77. The molecule has 0 atom stereocenters. The minimum atomic E-state index is 0.628. The molecule has 0 saturated carbocycles. The van der Waals surface area contributed by atoms with Gasteiger partial charge in [-0.25, -0.2) is 9.50 Å². The monoisotopic (exact) mass is 380 g/mol. The SMILES string of the molecule is N#Cc1cccc(-c2cnn3cc(-c4ccc(N5CCNCC5)cc4)cnc23)c1. The van der Waals surface area contributed by atoms with Gasteiger partial charge in [-0.3, -0.25) is 0 Å². The van der Waals surface area contributed by atoms with E-state index >= 15 is 0 Å². The summed E-state index contributed by atoms with van der Waals surface area (Å²) in [5, 5.41) is 17.0. The number of fused-ring (bicyclic) bond motifs is 1. The molecule has 2 aromatic carbocycles. The van der Waals surface area contributed by atoms with Crippen molar-refractivity contribution in [1.29, 1.82) is 5.26 Å². The van der Waals surface area contributed by atoms with Crippen LogP contribution in [0.15, 0.2) is 67.1 Å². The molecule has 6 nitrogen and oxygen atoms in total. The van der Waals surface area contributed by atoms with Crippen molar-refractivity contribution >= 4 is 11.3 Å². The normalized spacial score (nSPS) is 14.1. The van der Waals surface area contributed by atoms with Gasteiger partial charge in [0.15, 0.2) is 5.65 Å². The van der Waals surface area contributed by atoms with Crippen LogP contribution < -0.4 is 10.2 Å². The maximum Gasteiger partial charge on any atom is 0.162 e. The topological polar surface area (TPSA) is 69.2 Å². The zero-order valence-corrected chi connectivity index (χ0v) is 15.9. The van der Waals surface area contributed by atoms with Crippen molar-refractivity contribution < 1.29 is 0 Å². The molecule has 29 heavy (non-hydrogen) atoms. The Kier molecular flexibility index (Phi) is 4.43. The number of nitrogens with zero attached hydrogens (tertiary/aromatic N) is 5. The summed E-state index contributed by atoms with van der Waals surface area (Å²) in [7, 11) is 0. The highest BCUT2D eigenvalue weighted by Gasteiger charge is 2.12. The van der Waals surface area contributed by atoms with Crippen LogP contribution in [0, 0.1) is 11.3 Å². The number of hydrogen-bond acceptors (Lipinski definition) is 5. The van der Waals surface area contributed by atoms with Crippen molar-refractivity contribution in [3.05, 3.63) is 72.7 Å². The Balaban J connectivity index is 1.45. The molecule has 4 aromatic rings. The molecule has 0 spiro atoms. The molecule has 6 heteroatoms. The Labute approximate surface area is 169 Å². The molecule has 1 N–H and O–H groups in total. The number of anilines is 1. The number of benzene rings is 2. The minimum absolute atomic E-state index is 0.628. The number of piperazine rings is 1. The van der Waals surface area contributed by atoms with Crippen molar-refractivity contribution in [2.75, 3.05) is 31.1 Å². The van der Waals surface area contributed by atoms with Crippen molar-refractivity contribution in [3.8, 4) is 28.3 Å². The second-order valence-electron chi connectivity index (χ2n) is 7.15. The molecule has 1 saturated heterocycles. The predicted octanol–water partition coefficient (Wildman–Crippen LogP) is 3.34. The molecular weight excluding hydrogens is 360 g/mol. The Morgan fingerprint density at radius 1 is 0.931 bits per heavy atom. The second-order valence-corrected chi connectivity index (χ2v) is 7.15. The molecule has 2 aromatic heterocycles. The van der Waals surface area contributed by atoms with Gasteiger partial charge >= 0.3 is 0 Å². The van der Waals surface area contributed by atoms with Crippen LogP contribution in [0.5, 0.6) is 0 Å². The van der Waals surface area contributed by atoms with Crippen LogP contribution in [0.4, 0.5) is 5.69 Å². The average molecular weight is 380 g/mol. The summed E-state index contributed by atoms with van der Waals surface area (Å²) < 4.78 is 1.80. The predicted molar refractivity (Wildman–Crippen MR) is 114 cm³/mol. The lowest BCUT2D eigenvalue weighted by atomic mass is 10.1. The highest BCUT2D eigenvalue weighted by Crippen LogP contribution is 2.27. The summed E-state index contributed by atoms with van der Waals surface area (Å²) in [4.78, 5) is 7.06. The zero-order valence-electron chi connectivity index (χ0n) is 15.9. The van der Waals surface area contributed by atoms with Gasteiger partial charge in [0.25, 0.3) is 0 Å². The molecule has 0 amide bonds. The van der Waals surface area contributed by atoms with Crippen molar-refractivity contribution in [1.82, 2.24) is 19.9 Å². The number of aromatic nitrogens is 3. The van der Waals surface area contributed by atoms with E-state index in [0.29, 0.717) is 5.56 Å². The summed E-state index contributed by atoms with van der Waals surface area (Å²) in [6.07, 6.45) is 5.68. The molecule has 142 valence electrons. The lowest BCUT2D eigenvalue weighted by Crippen LogP contribution is -2.43. The molecule has 1 fully saturated rings. The molecule has 0 radical (unpaired) electrons. The van der Waals surface area contributed by atoms with Gasteiger partial charge in [0, 0.05) is 55.4 Å². The number of hydrogen-bond donors (Lipinski definition) is 1. The van der Waals surface area contributed by atoms with E-state index < -0.39 is 0 Å². The maximum atomic E-state index is 9.15. The summed E-state index contributed by atoms with van der Waals surface area (Å²) >= 11 is 0. The third-order valence-electron chi connectivity index (χ3n) is 5.34. The minimum Gasteiger partial charge on any atom is -0.369 e. The number of nitrogens with one attached hydrogen (secondary N) is 1. The second kappa shape index (κ2) is 7.38. The van der Waals surface area contributed by atoms with Crippen LogP contribution in [0.25, 0.3) is 27.9 Å². The molecule has 3 heterocycles. The summed E-state index contributed by atoms with van der Waals surface area (Å²) in [5.41, 5.74) is 6.65. The van der Waals surface area contributed by atoms with Gasteiger partial charge < -0.3 is 10.2 Å². The lowest BCUT2D eigenvalue weighted by Gasteiger charge is -2.29. The van der Waals surface area contributed by atoms with Crippen molar-refractivity contribution in [3.63, 3.8) is 0 Å². The summed E-state index contributed by atoms with van der Waals surface area (Å²) in [6.45, 7) is 4.13. The Hall–Kier alpha value is -3.69. The van der Waals surface area contributed by atoms with Crippen LogP contribution in [0.2, 0.25) is 0 Å². The van der Waals surface area contributed by atoms with E-state index in [2.05, 4.69) is 50.6 Å².